The highest BCUT2D eigenvalue weighted by Crippen LogP contribution is 2.50. The van der Waals surface area contributed by atoms with E-state index in [0.717, 1.165) is 77.0 Å². The van der Waals surface area contributed by atoms with Crippen LogP contribution in [0, 0.1) is 0 Å². The van der Waals surface area contributed by atoms with Gasteiger partial charge in [0.15, 0.2) is 0 Å². The van der Waals surface area contributed by atoms with Crippen LogP contribution in [0.25, 0.3) is 11.1 Å². The number of hydrogen-bond acceptors (Lipinski definition) is 0. The molecule has 0 N–H and O–H groups in total. The molecule has 0 spiro atoms. The maximum absolute atomic E-state index is 4.20. The molecule has 0 aliphatic heterocycles. The summed E-state index contributed by atoms with van der Waals surface area (Å²) in [5.41, 5.74) is 8.86. The van der Waals surface area contributed by atoms with Crippen LogP contribution in [0.5, 0.6) is 0 Å². The molecule has 0 unspecified atom stereocenters. The molecule has 0 aromatic heterocycles. The second kappa shape index (κ2) is 12.4. The zero-order valence-corrected chi connectivity index (χ0v) is 26.7. The lowest BCUT2D eigenvalue weighted by Crippen LogP contribution is -2.26. The van der Waals surface area contributed by atoms with Crippen LogP contribution >= 0.6 is 0 Å². The standard InChI is InChI=1S/C44H50/c1-5-17-41(21-9-10-22-41)37-29-35(30-38(33-37)42(18-6-2)23-11-12-24-42)36-31-39(43(19-7-3)25-13-14-26-43)34-40(32-36)44(20-8-4)27-15-16-28-44/h5-16,29-34H,1-4,17-28H2. The summed E-state index contributed by atoms with van der Waals surface area (Å²) in [6.45, 7) is 16.8. The number of rotatable bonds is 13. The van der Waals surface area contributed by atoms with Crippen molar-refractivity contribution in [2.45, 2.75) is 98.7 Å². The Bertz CT molecular complexity index is 1290. The van der Waals surface area contributed by atoms with Gasteiger partial charge in [-0.1, -0.05) is 109 Å². The van der Waals surface area contributed by atoms with E-state index in [1.54, 1.807) is 0 Å². The molecule has 2 aromatic rings. The lowest BCUT2D eigenvalue weighted by atomic mass is 9.68. The Balaban J connectivity index is 1.59. The molecule has 0 atom stereocenters. The van der Waals surface area contributed by atoms with Gasteiger partial charge in [0.25, 0.3) is 0 Å². The highest BCUT2D eigenvalue weighted by molar-refractivity contribution is 5.70. The molecule has 0 bridgehead atoms. The van der Waals surface area contributed by atoms with Crippen LogP contribution in [0.3, 0.4) is 0 Å². The first kappa shape index (κ1) is 30.4. The van der Waals surface area contributed by atoms with Crippen molar-refractivity contribution in [3.63, 3.8) is 0 Å². The Hall–Kier alpha value is -3.64. The number of benzene rings is 2. The van der Waals surface area contributed by atoms with Crippen LogP contribution in [0.15, 0.2) is 136 Å². The maximum atomic E-state index is 4.20. The van der Waals surface area contributed by atoms with Crippen molar-refractivity contribution >= 4 is 0 Å². The largest absolute Gasteiger partial charge is 0.103 e. The molecule has 0 nitrogen and oxygen atoms in total. The Kier molecular flexibility index (Phi) is 8.56. The average Bonchev–Trinajstić information content (AvgIpc) is 3.87. The molecular formula is C44H50. The van der Waals surface area contributed by atoms with E-state index in [-0.39, 0.29) is 21.7 Å². The van der Waals surface area contributed by atoms with Crippen molar-refractivity contribution in [3.8, 4) is 11.1 Å². The molecule has 0 heteroatoms. The summed E-state index contributed by atoms with van der Waals surface area (Å²) >= 11 is 0. The summed E-state index contributed by atoms with van der Waals surface area (Å²) in [4.78, 5) is 0. The van der Waals surface area contributed by atoms with E-state index in [0.29, 0.717) is 0 Å². The molecule has 2 aromatic carbocycles. The van der Waals surface area contributed by atoms with Gasteiger partial charge in [-0.3, -0.25) is 0 Å². The molecule has 4 aliphatic rings. The van der Waals surface area contributed by atoms with E-state index < -0.39 is 0 Å². The molecule has 0 amide bonds. The molecule has 0 fully saturated rings. The van der Waals surface area contributed by atoms with Crippen LogP contribution in [0.2, 0.25) is 0 Å². The molecule has 44 heavy (non-hydrogen) atoms. The summed E-state index contributed by atoms with van der Waals surface area (Å²) < 4.78 is 0. The van der Waals surface area contributed by atoms with Crippen molar-refractivity contribution in [3.05, 3.63) is 158 Å². The normalized spacial score (nSPS) is 21.5. The summed E-state index contributed by atoms with van der Waals surface area (Å²) in [6, 6.07) is 15.3. The van der Waals surface area contributed by atoms with E-state index in [2.05, 4.69) is 136 Å². The highest BCUT2D eigenvalue weighted by atomic mass is 14.4. The second-order valence-electron chi connectivity index (χ2n) is 14.2. The summed E-state index contributed by atoms with van der Waals surface area (Å²) in [5, 5.41) is 0. The Morgan fingerprint density at radius 1 is 0.364 bits per heavy atom. The zero-order chi connectivity index (χ0) is 30.7. The van der Waals surface area contributed by atoms with Crippen LogP contribution < -0.4 is 0 Å². The van der Waals surface area contributed by atoms with Crippen LogP contribution in [0.1, 0.15) is 99.3 Å². The molecule has 226 valence electrons. The zero-order valence-electron chi connectivity index (χ0n) is 26.7. The molecule has 0 saturated carbocycles. The van der Waals surface area contributed by atoms with Crippen LogP contribution in [0.4, 0.5) is 0 Å². The molecular weight excluding hydrogens is 528 g/mol. The van der Waals surface area contributed by atoms with E-state index in [1.807, 2.05) is 0 Å². The SMILES string of the molecule is C=CCC1(c2cc(-c3cc(C4(CC=C)CC=CC4)cc(C4(CC=C)CC=CC4)c3)cc(C3(CC=C)CC=CC3)c2)CC=CC1. The van der Waals surface area contributed by atoms with Gasteiger partial charge in [-0.05, 0) is 110 Å². The summed E-state index contributed by atoms with van der Waals surface area (Å²) in [6.07, 6.45) is 40.1. The smallest absolute Gasteiger partial charge is 0.00565 e. The van der Waals surface area contributed by atoms with Gasteiger partial charge in [0, 0.05) is 21.7 Å². The van der Waals surface area contributed by atoms with Gasteiger partial charge in [0.2, 0.25) is 0 Å². The summed E-state index contributed by atoms with van der Waals surface area (Å²) in [7, 11) is 0. The first-order valence-corrected chi connectivity index (χ1v) is 16.8. The third kappa shape index (κ3) is 5.32. The number of allylic oxidation sites excluding steroid dienone is 12. The van der Waals surface area contributed by atoms with E-state index in [4.69, 9.17) is 0 Å². The van der Waals surface area contributed by atoms with Crippen LogP contribution in [-0.2, 0) is 21.7 Å². The van der Waals surface area contributed by atoms with Gasteiger partial charge in [0.1, 0.15) is 0 Å². The van der Waals surface area contributed by atoms with Gasteiger partial charge in [-0.25, -0.2) is 0 Å². The van der Waals surface area contributed by atoms with Crippen molar-refractivity contribution in [1.82, 2.24) is 0 Å². The molecule has 0 saturated heterocycles. The van der Waals surface area contributed by atoms with Gasteiger partial charge < -0.3 is 0 Å². The fourth-order valence-electron chi connectivity index (χ4n) is 8.80. The third-order valence-electron chi connectivity index (χ3n) is 11.5. The average molecular weight is 579 g/mol. The second-order valence-corrected chi connectivity index (χ2v) is 14.2. The van der Waals surface area contributed by atoms with Gasteiger partial charge in [-0.2, -0.15) is 0 Å². The van der Waals surface area contributed by atoms with E-state index in [1.165, 1.54) is 33.4 Å². The lowest BCUT2D eigenvalue weighted by Gasteiger charge is -2.35. The van der Waals surface area contributed by atoms with Crippen molar-refractivity contribution in [2.24, 2.45) is 0 Å². The van der Waals surface area contributed by atoms with E-state index >= 15 is 0 Å². The first-order chi connectivity index (χ1) is 21.5. The lowest BCUT2D eigenvalue weighted by molar-refractivity contribution is 0.447. The fourth-order valence-corrected chi connectivity index (χ4v) is 8.80. The number of hydrogen-bond donors (Lipinski definition) is 0. The minimum absolute atomic E-state index is 0.0766. The minimum atomic E-state index is 0.0766. The monoisotopic (exact) mass is 578 g/mol. The van der Waals surface area contributed by atoms with Crippen LogP contribution in [-0.4, -0.2) is 0 Å². The van der Waals surface area contributed by atoms with Gasteiger partial charge >= 0.3 is 0 Å². The van der Waals surface area contributed by atoms with Crippen molar-refractivity contribution < 1.29 is 0 Å². The highest BCUT2D eigenvalue weighted by Gasteiger charge is 2.39. The molecule has 0 heterocycles. The predicted octanol–water partition coefficient (Wildman–Crippen LogP) is 12.0. The minimum Gasteiger partial charge on any atom is -0.103 e. The fraction of sp³-hybridized carbons (Fsp3) is 0.364. The topological polar surface area (TPSA) is 0 Å². The van der Waals surface area contributed by atoms with Crippen molar-refractivity contribution in [2.75, 3.05) is 0 Å². The maximum Gasteiger partial charge on any atom is 0.00565 e. The molecule has 0 radical (unpaired) electrons. The van der Waals surface area contributed by atoms with Crippen molar-refractivity contribution in [1.29, 1.82) is 0 Å². The summed E-state index contributed by atoms with van der Waals surface area (Å²) in [5.74, 6) is 0. The first-order valence-electron chi connectivity index (χ1n) is 16.8. The molecule has 4 aliphatic carbocycles. The Labute approximate surface area is 267 Å². The third-order valence-corrected chi connectivity index (χ3v) is 11.5. The molecule has 6 rings (SSSR count). The van der Waals surface area contributed by atoms with Gasteiger partial charge in [0.05, 0.1) is 0 Å². The predicted molar refractivity (Wildman–Crippen MR) is 191 cm³/mol. The van der Waals surface area contributed by atoms with Gasteiger partial charge in [-0.15, -0.1) is 26.3 Å². The Morgan fingerprint density at radius 3 is 0.750 bits per heavy atom. The Morgan fingerprint density at radius 2 is 0.568 bits per heavy atom. The quantitative estimate of drug-likeness (QED) is 0.207. The van der Waals surface area contributed by atoms with E-state index in [9.17, 15) is 0 Å².